The van der Waals surface area contributed by atoms with E-state index in [2.05, 4.69) is 6.92 Å². The van der Waals surface area contributed by atoms with Gasteiger partial charge in [0.15, 0.2) is 0 Å². The van der Waals surface area contributed by atoms with E-state index in [-0.39, 0.29) is 6.42 Å². The highest BCUT2D eigenvalue weighted by Crippen LogP contribution is 2.18. The number of rotatable bonds is 17. The molecule has 2 unspecified atom stereocenters. The predicted molar refractivity (Wildman–Crippen MR) is 101 cm³/mol. The van der Waals surface area contributed by atoms with Crippen molar-refractivity contribution in [1.82, 2.24) is 0 Å². The van der Waals surface area contributed by atoms with Crippen LogP contribution in [0.4, 0.5) is 0 Å². The molecule has 3 N–H and O–H groups in total. The first-order chi connectivity index (χ1) is 12.9. The normalized spacial score (nSPS) is 13.1. The largest absolute Gasteiger partial charge is 0.481 e. The van der Waals surface area contributed by atoms with Crippen molar-refractivity contribution in [2.45, 2.75) is 109 Å². The number of aliphatic hydroxyl groups excluding tert-OH is 1. The highest BCUT2D eigenvalue weighted by atomic mass is 16.6. The zero-order valence-corrected chi connectivity index (χ0v) is 16.5. The van der Waals surface area contributed by atoms with E-state index < -0.39 is 30.1 Å². The lowest BCUT2D eigenvalue weighted by Gasteiger charge is -2.22. The van der Waals surface area contributed by atoms with Crippen LogP contribution in [0.3, 0.4) is 0 Å². The van der Waals surface area contributed by atoms with Gasteiger partial charge >= 0.3 is 17.9 Å². The van der Waals surface area contributed by atoms with Gasteiger partial charge in [0, 0.05) is 6.42 Å². The van der Waals surface area contributed by atoms with E-state index in [1.54, 1.807) is 0 Å². The smallest absolute Gasteiger partial charge is 0.417 e. The standard InChI is InChI=1S/C20H36O7/c1-2-3-4-5-7-10-13-16(21)17(27-20(26)19(24)25)14-11-8-6-9-12-15-18(22)23/h16-17,21H,2-15H2,1H3,(H,22,23)(H,24,25). The second-order valence-corrected chi connectivity index (χ2v) is 7.07. The van der Waals surface area contributed by atoms with E-state index in [4.69, 9.17) is 14.9 Å². The zero-order valence-electron chi connectivity index (χ0n) is 16.5. The van der Waals surface area contributed by atoms with Crippen molar-refractivity contribution in [2.24, 2.45) is 0 Å². The van der Waals surface area contributed by atoms with Gasteiger partial charge in [0.25, 0.3) is 0 Å². The molecular formula is C20H36O7. The molecule has 0 aliphatic rings. The van der Waals surface area contributed by atoms with E-state index in [0.717, 1.165) is 38.5 Å². The quantitative estimate of drug-likeness (QED) is 0.196. The molecular weight excluding hydrogens is 352 g/mol. The molecule has 0 radical (unpaired) electrons. The van der Waals surface area contributed by atoms with Crippen LogP contribution in [0.2, 0.25) is 0 Å². The highest BCUT2D eigenvalue weighted by molar-refractivity contribution is 6.28. The maximum atomic E-state index is 11.4. The van der Waals surface area contributed by atoms with Crippen molar-refractivity contribution in [3.8, 4) is 0 Å². The summed E-state index contributed by atoms with van der Waals surface area (Å²) in [6.07, 6.45) is 9.70. The van der Waals surface area contributed by atoms with Gasteiger partial charge in [-0.15, -0.1) is 0 Å². The van der Waals surface area contributed by atoms with Gasteiger partial charge in [0.05, 0.1) is 6.10 Å². The molecule has 0 aromatic carbocycles. The molecule has 0 aromatic heterocycles. The monoisotopic (exact) mass is 388 g/mol. The summed E-state index contributed by atoms with van der Waals surface area (Å²) < 4.78 is 4.96. The molecule has 27 heavy (non-hydrogen) atoms. The molecule has 0 aliphatic heterocycles. The van der Waals surface area contributed by atoms with E-state index in [1.165, 1.54) is 19.3 Å². The van der Waals surface area contributed by atoms with Crippen LogP contribution in [-0.2, 0) is 19.1 Å². The summed E-state index contributed by atoms with van der Waals surface area (Å²) in [6.45, 7) is 2.15. The van der Waals surface area contributed by atoms with Gasteiger partial charge in [-0.2, -0.15) is 0 Å². The Bertz CT molecular complexity index is 423. The van der Waals surface area contributed by atoms with Gasteiger partial charge in [-0.3, -0.25) is 4.79 Å². The Morgan fingerprint density at radius 1 is 0.778 bits per heavy atom. The molecule has 0 rings (SSSR count). The number of carboxylic acids is 2. The lowest BCUT2D eigenvalue weighted by molar-refractivity contribution is -0.171. The average Bonchev–Trinajstić information content (AvgIpc) is 2.62. The second kappa shape index (κ2) is 16.5. The third kappa shape index (κ3) is 15.2. The molecule has 0 spiro atoms. The molecule has 2 atom stereocenters. The van der Waals surface area contributed by atoms with Gasteiger partial charge in [-0.05, 0) is 25.7 Å². The maximum absolute atomic E-state index is 11.4. The number of unbranched alkanes of at least 4 members (excludes halogenated alkanes) is 9. The number of ether oxygens (including phenoxy) is 1. The van der Waals surface area contributed by atoms with Crippen molar-refractivity contribution < 1.29 is 34.4 Å². The molecule has 0 amide bonds. The summed E-state index contributed by atoms with van der Waals surface area (Å²) in [5, 5.41) is 27.6. The summed E-state index contributed by atoms with van der Waals surface area (Å²) in [5.41, 5.74) is 0. The first kappa shape index (κ1) is 25.4. The Balaban J connectivity index is 4.17. The number of esters is 1. The summed E-state index contributed by atoms with van der Waals surface area (Å²) in [7, 11) is 0. The molecule has 0 fully saturated rings. The maximum Gasteiger partial charge on any atom is 0.417 e. The summed E-state index contributed by atoms with van der Waals surface area (Å²) in [4.78, 5) is 32.5. The van der Waals surface area contributed by atoms with Crippen LogP contribution in [0.15, 0.2) is 0 Å². The molecule has 0 bridgehead atoms. The van der Waals surface area contributed by atoms with Crippen molar-refractivity contribution in [2.75, 3.05) is 0 Å². The van der Waals surface area contributed by atoms with Crippen molar-refractivity contribution in [3.05, 3.63) is 0 Å². The van der Waals surface area contributed by atoms with Gasteiger partial charge in [0.2, 0.25) is 0 Å². The molecule has 7 heteroatoms. The van der Waals surface area contributed by atoms with Crippen molar-refractivity contribution in [3.63, 3.8) is 0 Å². The van der Waals surface area contributed by atoms with Crippen LogP contribution >= 0.6 is 0 Å². The zero-order chi connectivity index (χ0) is 20.5. The molecule has 0 heterocycles. The van der Waals surface area contributed by atoms with Gasteiger partial charge in [-0.25, -0.2) is 9.59 Å². The number of hydrogen-bond acceptors (Lipinski definition) is 5. The average molecular weight is 389 g/mol. The highest BCUT2D eigenvalue weighted by Gasteiger charge is 2.25. The minimum absolute atomic E-state index is 0.163. The fourth-order valence-corrected chi connectivity index (χ4v) is 2.99. The topological polar surface area (TPSA) is 121 Å². The lowest BCUT2D eigenvalue weighted by Crippen LogP contribution is -2.33. The summed E-state index contributed by atoms with van der Waals surface area (Å²) in [5.74, 6) is -3.78. The van der Waals surface area contributed by atoms with E-state index in [9.17, 15) is 19.5 Å². The van der Waals surface area contributed by atoms with Crippen LogP contribution in [0, 0.1) is 0 Å². The van der Waals surface area contributed by atoms with Crippen LogP contribution < -0.4 is 0 Å². The van der Waals surface area contributed by atoms with Crippen LogP contribution in [-0.4, -0.2) is 45.4 Å². The van der Waals surface area contributed by atoms with Crippen LogP contribution in [0.25, 0.3) is 0 Å². The molecule has 7 nitrogen and oxygen atoms in total. The Morgan fingerprint density at radius 2 is 1.30 bits per heavy atom. The Kier molecular flexibility index (Phi) is 15.5. The molecule has 158 valence electrons. The first-order valence-electron chi connectivity index (χ1n) is 10.2. The number of hydrogen-bond donors (Lipinski definition) is 3. The van der Waals surface area contributed by atoms with Crippen LogP contribution in [0.5, 0.6) is 0 Å². The minimum atomic E-state index is -1.65. The van der Waals surface area contributed by atoms with E-state index >= 15 is 0 Å². The predicted octanol–water partition coefficient (Wildman–Crippen LogP) is 3.91. The summed E-state index contributed by atoms with van der Waals surface area (Å²) >= 11 is 0. The number of carbonyl (C=O) groups is 3. The van der Waals surface area contributed by atoms with Gasteiger partial charge in [0.1, 0.15) is 6.10 Å². The third-order valence-electron chi connectivity index (χ3n) is 4.59. The Hall–Kier alpha value is -1.63. The van der Waals surface area contributed by atoms with E-state index in [1.807, 2.05) is 0 Å². The fraction of sp³-hybridized carbons (Fsp3) is 0.850. The minimum Gasteiger partial charge on any atom is -0.481 e. The van der Waals surface area contributed by atoms with Crippen molar-refractivity contribution >= 4 is 17.9 Å². The number of carboxylic acid groups (broad SMARTS) is 2. The fourth-order valence-electron chi connectivity index (χ4n) is 2.99. The first-order valence-corrected chi connectivity index (χ1v) is 10.2. The van der Waals surface area contributed by atoms with Crippen LogP contribution in [0.1, 0.15) is 96.8 Å². The van der Waals surface area contributed by atoms with E-state index in [0.29, 0.717) is 25.7 Å². The van der Waals surface area contributed by atoms with Gasteiger partial charge < -0.3 is 20.1 Å². The molecule has 0 saturated carbocycles. The Labute approximate surface area is 162 Å². The lowest BCUT2D eigenvalue weighted by atomic mass is 9.99. The molecule has 0 aliphatic carbocycles. The molecule has 0 saturated heterocycles. The SMILES string of the molecule is CCCCCCCCC(O)C(CCCCCCCC(=O)O)OC(=O)C(=O)O. The van der Waals surface area contributed by atoms with Crippen molar-refractivity contribution in [1.29, 1.82) is 0 Å². The Morgan fingerprint density at radius 3 is 1.85 bits per heavy atom. The number of carbonyl (C=O) groups excluding carboxylic acids is 1. The summed E-state index contributed by atoms with van der Waals surface area (Å²) in [6, 6.07) is 0. The number of aliphatic carboxylic acids is 2. The molecule has 0 aromatic rings. The number of aliphatic hydroxyl groups is 1. The second-order valence-electron chi connectivity index (χ2n) is 7.07. The van der Waals surface area contributed by atoms with Gasteiger partial charge in [-0.1, -0.05) is 64.7 Å². The third-order valence-corrected chi connectivity index (χ3v) is 4.59.